The topological polar surface area (TPSA) is 9.23 Å². The highest BCUT2D eigenvalue weighted by molar-refractivity contribution is 5.88. The molecular formula is C27H20F6O. The van der Waals surface area contributed by atoms with E-state index in [9.17, 15) is 22.0 Å². The molecule has 0 aliphatic rings. The van der Waals surface area contributed by atoms with Crippen LogP contribution in [-0.4, -0.2) is 13.7 Å². The van der Waals surface area contributed by atoms with E-state index in [4.69, 9.17) is 4.74 Å². The van der Waals surface area contributed by atoms with E-state index >= 15 is 4.39 Å². The van der Waals surface area contributed by atoms with Crippen molar-refractivity contribution in [2.45, 2.75) is 19.3 Å². The van der Waals surface area contributed by atoms with Gasteiger partial charge in [0.05, 0.1) is 12.2 Å². The van der Waals surface area contributed by atoms with Gasteiger partial charge in [-0.3, -0.25) is 0 Å². The Bertz CT molecular complexity index is 1320. The number of rotatable bonds is 7. The molecule has 0 N–H and O–H groups in total. The molecule has 7 heteroatoms. The molecule has 0 aromatic heterocycles. The van der Waals surface area contributed by atoms with E-state index in [1.807, 2.05) is 0 Å². The van der Waals surface area contributed by atoms with E-state index < -0.39 is 34.9 Å². The predicted octanol–water partition coefficient (Wildman–Crippen LogP) is 7.32. The van der Waals surface area contributed by atoms with Gasteiger partial charge in [0.2, 0.25) is 0 Å². The highest BCUT2D eigenvalue weighted by Gasteiger charge is 2.16. The number of benzene rings is 4. The third kappa shape index (κ3) is 4.80. The summed E-state index contributed by atoms with van der Waals surface area (Å²) >= 11 is 0. The van der Waals surface area contributed by atoms with Gasteiger partial charge in [-0.05, 0) is 77.2 Å². The van der Waals surface area contributed by atoms with Crippen molar-refractivity contribution in [1.82, 2.24) is 0 Å². The largest absolute Gasteiger partial charge is 0.384 e. The Balaban J connectivity index is 1.61. The fraction of sp³-hybridized carbons (Fsp3) is 0.185. The molecule has 34 heavy (non-hydrogen) atoms. The normalized spacial score (nSPS) is 11.4. The van der Waals surface area contributed by atoms with Gasteiger partial charge in [-0.1, -0.05) is 24.3 Å². The van der Waals surface area contributed by atoms with Gasteiger partial charge in [0.15, 0.2) is 17.5 Å². The lowest BCUT2D eigenvalue weighted by atomic mass is 9.96. The molecule has 0 spiro atoms. The van der Waals surface area contributed by atoms with E-state index in [2.05, 4.69) is 0 Å². The zero-order chi connectivity index (χ0) is 24.4. The Morgan fingerprint density at radius 3 is 1.88 bits per heavy atom. The maximum absolute atomic E-state index is 15.1. The van der Waals surface area contributed by atoms with Gasteiger partial charge in [-0.2, -0.15) is 0 Å². The summed E-state index contributed by atoms with van der Waals surface area (Å²) in [5.74, 6) is -6.13. The zero-order valence-electron chi connectivity index (χ0n) is 18.2. The van der Waals surface area contributed by atoms with E-state index in [1.54, 1.807) is 6.07 Å². The van der Waals surface area contributed by atoms with Crippen LogP contribution in [-0.2, 0) is 24.0 Å². The van der Waals surface area contributed by atoms with Crippen LogP contribution in [0.3, 0.4) is 0 Å². The highest BCUT2D eigenvalue weighted by atomic mass is 19.2. The first-order chi connectivity index (χ1) is 16.3. The average molecular weight is 474 g/mol. The Labute approximate surface area is 192 Å². The molecule has 0 fully saturated rings. The molecule has 1 nitrogen and oxygen atoms in total. The average Bonchev–Trinajstić information content (AvgIpc) is 2.80. The molecule has 0 unspecified atom stereocenters. The number of hydrogen-bond acceptors (Lipinski definition) is 1. The number of methoxy groups -OCH3 is 1. The molecule has 0 saturated heterocycles. The lowest BCUT2D eigenvalue weighted by Gasteiger charge is -2.11. The Kier molecular flexibility index (Phi) is 6.93. The second-order valence-corrected chi connectivity index (χ2v) is 8.03. The molecular weight excluding hydrogens is 454 g/mol. The van der Waals surface area contributed by atoms with Gasteiger partial charge in [-0.15, -0.1) is 0 Å². The summed E-state index contributed by atoms with van der Waals surface area (Å²) in [5.41, 5.74) is 1.03. The molecule has 0 atom stereocenters. The lowest BCUT2D eigenvalue weighted by Crippen LogP contribution is -2.00. The van der Waals surface area contributed by atoms with Gasteiger partial charge < -0.3 is 4.74 Å². The van der Waals surface area contributed by atoms with Gasteiger partial charge >= 0.3 is 0 Å². The monoisotopic (exact) mass is 474 g/mol. The van der Waals surface area contributed by atoms with Crippen molar-refractivity contribution in [1.29, 1.82) is 0 Å². The highest BCUT2D eigenvalue weighted by Crippen LogP contribution is 2.32. The van der Waals surface area contributed by atoms with E-state index in [0.29, 0.717) is 29.5 Å². The third-order valence-electron chi connectivity index (χ3n) is 5.75. The predicted molar refractivity (Wildman–Crippen MR) is 119 cm³/mol. The van der Waals surface area contributed by atoms with E-state index in [0.717, 1.165) is 12.1 Å². The Hall–Kier alpha value is -3.32. The van der Waals surface area contributed by atoms with E-state index in [1.165, 1.54) is 43.5 Å². The van der Waals surface area contributed by atoms with Gasteiger partial charge in [0.1, 0.15) is 17.5 Å². The third-order valence-corrected chi connectivity index (χ3v) is 5.75. The van der Waals surface area contributed by atoms with Crippen LogP contribution in [0, 0.1) is 34.9 Å². The first-order valence-corrected chi connectivity index (χ1v) is 10.6. The van der Waals surface area contributed by atoms with Gasteiger partial charge in [0.25, 0.3) is 0 Å². The molecule has 0 aliphatic heterocycles. The van der Waals surface area contributed by atoms with Crippen LogP contribution in [0.1, 0.15) is 16.7 Å². The van der Waals surface area contributed by atoms with Crippen molar-refractivity contribution < 1.29 is 31.1 Å². The number of halogens is 6. The maximum Gasteiger partial charge on any atom is 0.194 e. The summed E-state index contributed by atoms with van der Waals surface area (Å²) in [7, 11) is 1.50. The van der Waals surface area contributed by atoms with Crippen molar-refractivity contribution >= 4 is 10.8 Å². The number of ether oxygens (including phenoxy) is 1. The molecule has 0 aliphatic carbocycles. The second kappa shape index (κ2) is 9.89. The molecule has 4 aromatic rings. The molecule has 4 aromatic carbocycles. The van der Waals surface area contributed by atoms with Crippen LogP contribution in [0.25, 0.3) is 21.9 Å². The number of hydrogen-bond donors (Lipinski definition) is 0. The smallest absolute Gasteiger partial charge is 0.194 e. The summed E-state index contributed by atoms with van der Waals surface area (Å²) < 4.78 is 89.3. The fourth-order valence-corrected chi connectivity index (χ4v) is 3.98. The maximum atomic E-state index is 15.1. The fourth-order valence-electron chi connectivity index (χ4n) is 3.98. The van der Waals surface area contributed by atoms with Crippen molar-refractivity contribution in [2.75, 3.05) is 13.7 Å². The minimum Gasteiger partial charge on any atom is -0.384 e. The molecule has 0 saturated carbocycles. The molecule has 0 bridgehead atoms. The molecule has 176 valence electrons. The van der Waals surface area contributed by atoms with Gasteiger partial charge in [0, 0.05) is 12.5 Å². The van der Waals surface area contributed by atoms with Crippen LogP contribution in [0.2, 0.25) is 0 Å². The van der Waals surface area contributed by atoms with Crippen LogP contribution >= 0.6 is 0 Å². The first-order valence-electron chi connectivity index (χ1n) is 10.6. The second-order valence-electron chi connectivity index (χ2n) is 8.03. The van der Waals surface area contributed by atoms with E-state index in [-0.39, 0.29) is 34.9 Å². The number of fused-ring (bicyclic) bond motifs is 1. The van der Waals surface area contributed by atoms with Crippen LogP contribution in [0.4, 0.5) is 26.3 Å². The number of aryl methyl sites for hydroxylation is 2. The summed E-state index contributed by atoms with van der Waals surface area (Å²) in [5, 5.41) is 0.690. The van der Waals surface area contributed by atoms with Crippen molar-refractivity contribution in [3.05, 3.63) is 106 Å². The minimum absolute atomic E-state index is 0.0977. The van der Waals surface area contributed by atoms with Crippen molar-refractivity contribution in [2.24, 2.45) is 0 Å². The molecule has 0 radical (unpaired) electrons. The quantitative estimate of drug-likeness (QED) is 0.202. The van der Waals surface area contributed by atoms with Crippen LogP contribution in [0.15, 0.2) is 54.6 Å². The zero-order valence-corrected chi connectivity index (χ0v) is 18.2. The summed E-state index contributed by atoms with van der Waals surface area (Å²) in [6.45, 7) is 0.334. The first kappa shape index (κ1) is 23.8. The SMILES string of the molecule is COCCc1cc(F)c(-c2ccc3c(F)c(CCc4cc(F)c(F)c(F)c4)ccc3c2)c(F)c1. The van der Waals surface area contributed by atoms with Crippen molar-refractivity contribution in [3.8, 4) is 11.1 Å². The Morgan fingerprint density at radius 2 is 1.24 bits per heavy atom. The Morgan fingerprint density at radius 1 is 0.618 bits per heavy atom. The molecule has 0 amide bonds. The van der Waals surface area contributed by atoms with Crippen LogP contribution < -0.4 is 0 Å². The molecule has 4 rings (SSSR count). The summed E-state index contributed by atoms with van der Waals surface area (Å²) in [4.78, 5) is 0. The minimum atomic E-state index is -1.55. The summed E-state index contributed by atoms with van der Waals surface area (Å²) in [6, 6.07) is 11.8. The summed E-state index contributed by atoms with van der Waals surface area (Å²) in [6.07, 6.45) is 0.592. The molecule has 0 heterocycles. The van der Waals surface area contributed by atoms with Crippen LogP contribution in [0.5, 0.6) is 0 Å². The van der Waals surface area contributed by atoms with Gasteiger partial charge in [-0.25, -0.2) is 26.3 Å². The lowest BCUT2D eigenvalue weighted by molar-refractivity contribution is 0.202. The van der Waals surface area contributed by atoms with Crippen molar-refractivity contribution in [3.63, 3.8) is 0 Å². The standard InChI is InChI=1S/C27H20F6O/c1-34-9-8-16-10-21(28)25(22(29)11-16)19-6-7-20-18(14-19)5-4-17(26(20)32)3-2-15-12-23(30)27(33)24(31)13-15/h4-7,10-14H,2-3,8-9H2,1H3.